The molecule has 2 unspecified atom stereocenters. The van der Waals surface area contributed by atoms with Gasteiger partial charge in [-0.3, -0.25) is 0 Å². The maximum absolute atomic E-state index is 10.6. The molecule has 0 aromatic rings. The van der Waals surface area contributed by atoms with Gasteiger partial charge in [0.1, 0.15) is 30.5 Å². The van der Waals surface area contributed by atoms with E-state index in [-0.39, 0.29) is 162 Å². The minimum absolute atomic E-state index is 0. The van der Waals surface area contributed by atoms with Crippen LogP contribution in [0.4, 0.5) is 0 Å². The summed E-state index contributed by atoms with van der Waals surface area (Å²) in [7, 11) is -5.32. The fraction of sp³-hybridized carbons (Fsp3) is 1.00. The predicted octanol–water partition coefficient (Wildman–Crippen LogP) is -5.02. The third-order valence-corrected chi connectivity index (χ3v) is 2.99. The number of phosphoric ester groups is 1. The van der Waals surface area contributed by atoms with Crippen LogP contribution in [-0.4, -0.2) is 228 Å². The molecule has 0 aromatic heterocycles. The Bertz CT molecular complexity index is 350. The van der Waals surface area contributed by atoms with Crippen LogP contribution in [0.3, 0.4) is 0 Å². The van der Waals surface area contributed by atoms with Gasteiger partial charge in [0, 0.05) is 0 Å². The van der Waals surface area contributed by atoms with Crippen molar-refractivity contribution in [2.24, 2.45) is 0 Å². The molecule has 118 valence electrons. The Morgan fingerprint density at radius 3 is 1.33 bits per heavy atom. The van der Waals surface area contributed by atoms with Crippen molar-refractivity contribution in [2.45, 2.75) is 36.3 Å². The normalized spacial score (nSPS) is 39.0. The van der Waals surface area contributed by atoms with Gasteiger partial charge < -0.3 is 51.8 Å². The molecule has 1 rings (SSSR count). The maximum Gasteiger partial charge on any atom is 2.00 e. The zero-order valence-corrected chi connectivity index (χ0v) is 20.8. The summed E-state index contributed by atoms with van der Waals surface area (Å²) in [6.07, 6.45) is -11.2. The minimum atomic E-state index is -5.32. The summed E-state index contributed by atoms with van der Waals surface area (Å²) in [4.78, 5) is 17.0. The average molecular weight is 445 g/mol. The Labute approximate surface area is 251 Å². The van der Waals surface area contributed by atoms with E-state index in [1.165, 1.54) is 0 Å². The molecule has 1 saturated carbocycles. The fourth-order valence-electron chi connectivity index (χ4n) is 1.54. The quantitative estimate of drug-likeness (QED) is 0.116. The van der Waals surface area contributed by atoms with E-state index < -0.39 is 44.1 Å². The second-order valence-corrected chi connectivity index (χ2v) is 4.86. The second kappa shape index (κ2) is 13.1. The van der Waals surface area contributed by atoms with Gasteiger partial charge in [-0.1, -0.05) is 0 Å². The molecule has 0 bridgehead atoms. The number of hydrogen-bond acceptors (Lipinski definition) is 8. The first-order chi connectivity index (χ1) is 7.50. The van der Waals surface area contributed by atoms with Crippen molar-refractivity contribution in [1.82, 2.24) is 0 Å². The van der Waals surface area contributed by atoms with Gasteiger partial charge in [-0.2, -0.15) is 0 Å². The first-order valence-corrected chi connectivity index (χ1v) is 5.92. The van der Waals surface area contributed by atoms with E-state index in [4.69, 9.17) is 14.9 Å². The number of hydrogen-bond donors (Lipinski definition) is 8. The van der Waals surface area contributed by atoms with Crippen LogP contribution in [0.25, 0.3) is 0 Å². The zero-order valence-electron chi connectivity index (χ0n) is 19.1. The third kappa shape index (κ3) is 8.64. The van der Waals surface area contributed by atoms with E-state index >= 15 is 0 Å². The molecule has 0 aromatic carbocycles. The van der Waals surface area contributed by atoms with Crippen LogP contribution < -0.4 is 0 Å². The van der Waals surface area contributed by atoms with E-state index in [1.54, 1.807) is 0 Å². The molecule has 0 saturated heterocycles. The van der Waals surface area contributed by atoms with Gasteiger partial charge in [0.25, 0.3) is 0 Å². The summed E-state index contributed by atoms with van der Waals surface area (Å²) in [6.45, 7) is 0. The van der Waals surface area contributed by atoms with Crippen LogP contribution in [-0.2, 0) is 9.09 Å². The van der Waals surface area contributed by atoms with Crippen molar-refractivity contribution in [3.05, 3.63) is 0 Å². The molecule has 0 radical (unpaired) electrons. The topological polar surface area (TPSA) is 188 Å². The predicted molar refractivity (Wildman–Crippen MR) is 80.0 cm³/mol. The first kappa shape index (κ1) is 33.5. The summed E-state index contributed by atoms with van der Waals surface area (Å²) in [5, 5.41) is 55.7. The van der Waals surface area contributed by atoms with Crippen LogP contribution in [0.2, 0.25) is 0 Å². The van der Waals surface area contributed by atoms with Crippen molar-refractivity contribution < 1.29 is 60.9 Å². The smallest absolute Gasteiger partial charge is 1.00 e. The Morgan fingerprint density at radius 1 is 0.810 bits per heavy atom. The molecule has 0 spiro atoms. The molecule has 15 heteroatoms. The van der Waals surface area contributed by atoms with E-state index in [9.17, 15) is 30.1 Å². The zero-order chi connectivity index (χ0) is 13.6. The minimum Gasteiger partial charge on any atom is -1.00 e. The standard InChI is InChI=1S/C6H13O10P.4Ca.8H/c7-1-2(8)4(10)6(12,5(11)3(1)9)16-17(13,14)15;;;;;;;;;;;;/h1-5,7-12H,(H2,13,14,15);;;;;;;;;;;;/q;4*+2;8*-1/t1?,2-,3+,4-,5-,6?;;;;;;;;;;;;/m1............/s1. The summed E-state index contributed by atoms with van der Waals surface area (Å²) in [5.74, 6) is -3.31. The molecule has 0 amide bonds. The Morgan fingerprint density at radius 2 is 1.10 bits per heavy atom. The average Bonchev–Trinajstić information content (AvgIpc) is 2.19. The second-order valence-electron chi connectivity index (χ2n) is 3.70. The van der Waals surface area contributed by atoms with Crippen LogP contribution in [0.15, 0.2) is 0 Å². The van der Waals surface area contributed by atoms with Crippen LogP contribution in [0, 0.1) is 0 Å². The Kier molecular flexibility index (Phi) is 21.0. The molecule has 0 heterocycles. The van der Waals surface area contributed by atoms with Gasteiger partial charge in [0.2, 0.25) is 5.79 Å². The monoisotopic (exact) mass is 444 g/mol. The molecule has 21 heavy (non-hydrogen) atoms. The van der Waals surface area contributed by atoms with Gasteiger partial charge in [-0.25, -0.2) is 9.09 Å². The molecule has 1 fully saturated rings. The summed E-state index contributed by atoms with van der Waals surface area (Å²) < 4.78 is 14.3. The van der Waals surface area contributed by atoms with Crippen molar-refractivity contribution >= 4 is 159 Å². The Hall–Kier alpha value is 4.91. The summed E-state index contributed by atoms with van der Waals surface area (Å²) in [6, 6.07) is 0. The van der Waals surface area contributed by atoms with E-state index in [0.29, 0.717) is 0 Å². The molecule has 1 aliphatic carbocycles. The van der Waals surface area contributed by atoms with Crippen LogP contribution in [0.5, 0.6) is 0 Å². The maximum atomic E-state index is 10.6. The molecule has 1 aliphatic rings. The Balaban J connectivity index is -0.0000000241. The van der Waals surface area contributed by atoms with E-state index in [2.05, 4.69) is 4.52 Å². The summed E-state index contributed by atoms with van der Waals surface area (Å²) in [5.41, 5.74) is 0. The van der Waals surface area contributed by atoms with Gasteiger partial charge in [-0.05, 0) is 0 Å². The molecule has 6 atom stereocenters. The molecular formula is C6H21Ca4O10P. The number of phosphoric acid groups is 1. The van der Waals surface area contributed by atoms with Crippen LogP contribution >= 0.6 is 7.82 Å². The number of aliphatic hydroxyl groups excluding tert-OH is 5. The van der Waals surface area contributed by atoms with Crippen molar-refractivity contribution in [3.8, 4) is 0 Å². The van der Waals surface area contributed by atoms with Crippen LogP contribution in [0.1, 0.15) is 11.4 Å². The van der Waals surface area contributed by atoms with Gasteiger partial charge in [-0.15, -0.1) is 0 Å². The molecular weight excluding hydrogens is 423 g/mol. The van der Waals surface area contributed by atoms with Gasteiger partial charge >= 0.3 is 159 Å². The molecule has 0 aliphatic heterocycles. The summed E-state index contributed by atoms with van der Waals surface area (Å²) >= 11 is 0. The fourth-order valence-corrected chi connectivity index (χ4v) is 2.14. The van der Waals surface area contributed by atoms with Crippen molar-refractivity contribution in [3.63, 3.8) is 0 Å². The molecule has 8 N–H and O–H groups in total. The third-order valence-electron chi connectivity index (χ3n) is 2.46. The van der Waals surface area contributed by atoms with Gasteiger partial charge in [0.05, 0.1) is 0 Å². The first-order valence-electron chi connectivity index (χ1n) is 4.39. The van der Waals surface area contributed by atoms with Crippen molar-refractivity contribution in [1.29, 1.82) is 0 Å². The SMILES string of the molecule is O=P(O)(O)OC1(O)[C@H](O)[C@H](O)C(O)[C@H](O)[C@H]1O.[Ca+2].[Ca+2].[Ca+2].[Ca+2].[H-].[H-].[H-].[H-].[H-].[H-].[H-].[H-]. The van der Waals surface area contributed by atoms with Crippen molar-refractivity contribution in [2.75, 3.05) is 0 Å². The largest absolute Gasteiger partial charge is 2.00 e. The number of rotatable bonds is 2. The van der Waals surface area contributed by atoms with Gasteiger partial charge in [0.15, 0.2) is 0 Å². The van der Waals surface area contributed by atoms with E-state index in [1.807, 2.05) is 0 Å². The number of aliphatic hydroxyl groups is 6. The van der Waals surface area contributed by atoms with E-state index in [0.717, 1.165) is 0 Å². The molecule has 10 nitrogen and oxygen atoms in total.